The van der Waals surface area contributed by atoms with Crippen LogP contribution in [0.3, 0.4) is 0 Å². The van der Waals surface area contributed by atoms with Gasteiger partial charge in [0.15, 0.2) is 16.3 Å². The quantitative estimate of drug-likeness (QED) is 0.799. The van der Waals surface area contributed by atoms with Gasteiger partial charge in [-0.3, -0.25) is 14.3 Å². The van der Waals surface area contributed by atoms with Crippen LogP contribution < -0.4 is 11.2 Å². The Kier molecular flexibility index (Phi) is 3.89. The molecule has 0 atom stereocenters. The second-order valence-corrected chi connectivity index (χ2v) is 5.99. The molecule has 0 radical (unpaired) electrons. The normalized spacial score (nSPS) is 11.2. The number of fused-ring (bicyclic) bond motifs is 1. The molecule has 1 aromatic carbocycles. The predicted molar refractivity (Wildman–Crippen MR) is 86.5 cm³/mol. The molecule has 1 N–H and O–H groups in total. The fraction of sp³-hybridized carbons (Fsp3) is 0.267. The molecule has 6 nitrogen and oxygen atoms in total. The smallest absolute Gasteiger partial charge is 0.313 e. The number of nitrogens with zero attached hydrogens (tertiary/aromatic N) is 3. The standard InChI is InChI=1S/C15H16N4O2S/c1-3-9-19-11-12(18(2)14(21)17-13(11)20)16-15(19)22-10-7-5-4-6-8-10/h4-8H,3,9H2,1-2H3,(H,17,20,21). The van der Waals surface area contributed by atoms with Gasteiger partial charge in [-0.2, -0.15) is 0 Å². The van der Waals surface area contributed by atoms with Crippen molar-refractivity contribution < 1.29 is 0 Å². The highest BCUT2D eigenvalue weighted by Gasteiger charge is 2.17. The first-order valence-electron chi connectivity index (χ1n) is 7.04. The van der Waals surface area contributed by atoms with E-state index in [9.17, 15) is 9.59 Å². The molecule has 0 bridgehead atoms. The van der Waals surface area contributed by atoms with E-state index in [4.69, 9.17) is 0 Å². The maximum atomic E-state index is 12.2. The lowest BCUT2D eigenvalue weighted by Crippen LogP contribution is -2.29. The molecule has 3 aromatic rings. The lowest BCUT2D eigenvalue weighted by Gasteiger charge is -2.06. The summed E-state index contributed by atoms with van der Waals surface area (Å²) in [5.41, 5.74) is 0.0249. The molecule has 0 aliphatic carbocycles. The zero-order valence-corrected chi connectivity index (χ0v) is 13.2. The minimum Gasteiger partial charge on any atom is -0.313 e. The SMILES string of the molecule is CCCn1c(Sc2ccccc2)nc2c1c(=O)[nH]c(=O)n2C. The average molecular weight is 316 g/mol. The number of nitrogens with one attached hydrogen (secondary N) is 1. The molecule has 0 aliphatic rings. The summed E-state index contributed by atoms with van der Waals surface area (Å²) in [5, 5.41) is 0.717. The Hall–Kier alpha value is -2.28. The summed E-state index contributed by atoms with van der Waals surface area (Å²) in [7, 11) is 1.61. The van der Waals surface area contributed by atoms with Crippen molar-refractivity contribution in [3.8, 4) is 0 Å². The van der Waals surface area contributed by atoms with Crippen molar-refractivity contribution in [2.45, 2.75) is 29.9 Å². The van der Waals surface area contributed by atoms with Crippen LogP contribution in [0.1, 0.15) is 13.3 Å². The minimum absolute atomic E-state index is 0.390. The van der Waals surface area contributed by atoms with E-state index in [1.807, 2.05) is 41.8 Å². The van der Waals surface area contributed by atoms with Crippen LogP contribution in [-0.4, -0.2) is 19.1 Å². The van der Waals surface area contributed by atoms with Crippen molar-refractivity contribution in [3.63, 3.8) is 0 Å². The predicted octanol–water partition coefficient (Wildman–Crippen LogP) is 1.98. The number of aryl methyl sites for hydroxylation is 2. The summed E-state index contributed by atoms with van der Waals surface area (Å²) < 4.78 is 3.25. The summed E-state index contributed by atoms with van der Waals surface area (Å²) >= 11 is 1.49. The van der Waals surface area contributed by atoms with E-state index in [0.717, 1.165) is 16.5 Å². The van der Waals surface area contributed by atoms with Gasteiger partial charge >= 0.3 is 5.69 Å². The number of hydrogen-bond acceptors (Lipinski definition) is 4. The fourth-order valence-electron chi connectivity index (χ4n) is 2.32. The zero-order valence-electron chi connectivity index (χ0n) is 12.4. The second kappa shape index (κ2) is 5.84. The Bertz CT molecular complexity index is 924. The number of H-pyrrole nitrogens is 1. The molecular formula is C15H16N4O2S. The summed E-state index contributed by atoms with van der Waals surface area (Å²) in [4.78, 5) is 31.8. The Labute approximate surface area is 130 Å². The first kappa shape index (κ1) is 14.6. The first-order chi connectivity index (χ1) is 10.6. The number of aromatic amines is 1. The maximum absolute atomic E-state index is 12.2. The highest BCUT2D eigenvalue weighted by molar-refractivity contribution is 7.99. The van der Waals surface area contributed by atoms with E-state index in [1.165, 1.54) is 16.3 Å². The molecule has 0 aliphatic heterocycles. The number of benzene rings is 1. The molecule has 22 heavy (non-hydrogen) atoms. The fourth-order valence-corrected chi connectivity index (χ4v) is 3.25. The van der Waals surface area contributed by atoms with Crippen LogP contribution in [-0.2, 0) is 13.6 Å². The van der Waals surface area contributed by atoms with Crippen LogP contribution in [0, 0.1) is 0 Å². The summed E-state index contributed by atoms with van der Waals surface area (Å²) in [6.45, 7) is 2.71. The Morgan fingerprint density at radius 3 is 2.64 bits per heavy atom. The van der Waals surface area contributed by atoms with Crippen LogP contribution in [0.2, 0.25) is 0 Å². The van der Waals surface area contributed by atoms with Crippen LogP contribution in [0.4, 0.5) is 0 Å². The van der Waals surface area contributed by atoms with Gasteiger partial charge in [-0.05, 0) is 18.6 Å². The highest BCUT2D eigenvalue weighted by atomic mass is 32.2. The lowest BCUT2D eigenvalue weighted by molar-refractivity contribution is 0.636. The van der Waals surface area contributed by atoms with Crippen molar-refractivity contribution in [2.24, 2.45) is 7.05 Å². The van der Waals surface area contributed by atoms with Gasteiger partial charge in [0.2, 0.25) is 0 Å². The van der Waals surface area contributed by atoms with Crippen LogP contribution in [0.15, 0.2) is 50.0 Å². The third-order valence-corrected chi connectivity index (χ3v) is 4.37. The molecule has 0 spiro atoms. The third-order valence-electron chi connectivity index (χ3n) is 3.37. The van der Waals surface area contributed by atoms with Crippen molar-refractivity contribution in [3.05, 3.63) is 51.2 Å². The molecule has 2 heterocycles. The topological polar surface area (TPSA) is 72.7 Å². The molecular weight excluding hydrogens is 300 g/mol. The molecule has 0 unspecified atom stereocenters. The van der Waals surface area contributed by atoms with Gasteiger partial charge in [0.25, 0.3) is 5.56 Å². The Morgan fingerprint density at radius 2 is 1.95 bits per heavy atom. The van der Waals surface area contributed by atoms with Crippen LogP contribution in [0.25, 0.3) is 11.2 Å². The van der Waals surface area contributed by atoms with E-state index in [1.54, 1.807) is 7.05 Å². The number of rotatable bonds is 4. The summed E-state index contributed by atoms with van der Waals surface area (Å²) in [5.74, 6) is 0. The molecule has 114 valence electrons. The van der Waals surface area contributed by atoms with Crippen molar-refractivity contribution in [1.82, 2.24) is 19.1 Å². The van der Waals surface area contributed by atoms with Gasteiger partial charge in [-0.25, -0.2) is 9.78 Å². The van der Waals surface area contributed by atoms with Gasteiger partial charge < -0.3 is 4.57 Å². The van der Waals surface area contributed by atoms with Crippen LogP contribution >= 0.6 is 11.8 Å². The summed E-state index contributed by atoms with van der Waals surface area (Å²) in [6, 6.07) is 9.84. The monoisotopic (exact) mass is 316 g/mol. The largest absolute Gasteiger partial charge is 0.329 e. The molecule has 0 amide bonds. The van der Waals surface area contributed by atoms with Crippen molar-refractivity contribution >= 4 is 22.9 Å². The average Bonchev–Trinajstić information content (AvgIpc) is 2.86. The van der Waals surface area contributed by atoms with Gasteiger partial charge in [0.05, 0.1) is 0 Å². The van der Waals surface area contributed by atoms with Gasteiger partial charge in [0, 0.05) is 18.5 Å². The van der Waals surface area contributed by atoms with E-state index < -0.39 is 5.69 Å². The van der Waals surface area contributed by atoms with Crippen LogP contribution in [0.5, 0.6) is 0 Å². The Balaban J connectivity index is 2.23. The van der Waals surface area contributed by atoms with E-state index in [-0.39, 0.29) is 5.56 Å². The number of hydrogen-bond donors (Lipinski definition) is 1. The molecule has 0 fully saturated rings. The van der Waals surface area contributed by atoms with Crippen molar-refractivity contribution in [2.75, 3.05) is 0 Å². The van der Waals surface area contributed by atoms with E-state index in [0.29, 0.717) is 17.7 Å². The number of aromatic nitrogens is 4. The maximum Gasteiger partial charge on any atom is 0.329 e. The molecule has 0 saturated heterocycles. The van der Waals surface area contributed by atoms with Gasteiger partial charge in [0.1, 0.15) is 0 Å². The van der Waals surface area contributed by atoms with E-state index in [2.05, 4.69) is 9.97 Å². The zero-order chi connectivity index (χ0) is 15.7. The number of imidazole rings is 1. The highest BCUT2D eigenvalue weighted by Crippen LogP contribution is 2.28. The first-order valence-corrected chi connectivity index (χ1v) is 7.86. The third kappa shape index (κ3) is 2.48. The molecule has 2 aromatic heterocycles. The van der Waals surface area contributed by atoms with Gasteiger partial charge in [-0.1, -0.05) is 36.9 Å². The lowest BCUT2D eigenvalue weighted by atomic mass is 10.4. The van der Waals surface area contributed by atoms with E-state index >= 15 is 0 Å². The summed E-state index contributed by atoms with van der Waals surface area (Å²) in [6.07, 6.45) is 0.871. The second-order valence-electron chi connectivity index (χ2n) is 4.95. The van der Waals surface area contributed by atoms with Crippen molar-refractivity contribution in [1.29, 1.82) is 0 Å². The molecule has 3 rings (SSSR count). The van der Waals surface area contributed by atoms with Gasteiger partial charge in [-0.15, -0.1) is 0 Å². The molecule has 0 saturated carbocycles. The minimum atomic E-state index is -0.449. The molecule has 7 heteroatoms. The Morgan fingerprint density at radius 1 is 1.23 bits per heavy atom.